The maximum Gasteiger partial charge on any atom is 0.266 e. The van der Waals surface area contributed by atoms with Crippen LogP contribution in [-0.4, -0.2) is 52.5 Å². The molecule has 0 saturated carbocycles. The summed E-state index contributed by atoms with van der Waals surface area (Å²) in [6, 6.07) is 15.4. The third-order valence-corrected chi connectivity index (χ3v) is 5.81. The molecule has 2 unspecified atom stereocenters. The Labute approximate surface area is 176 Å². The Balaban J connectivity index is 2.07. The summed E-state index contributed by atoms with van der Waals surface area (Å²) in [6.07, 6.45) is 0. The SMILES string of the molecule is CCN(CCS(=O)(=O)O)C1=C(O)C(C)(O)C(N=Nc2ccccc2)c2ccccc21. The number of rotatable bonds is 7. The summed E-state index contributed by atoms with van der Waals surface area (Å²) in [5.74, 6) is -0.825. The second kappa shape index (κ2) is 8.55. The molecule has 9 heteroatoms. The predicted octanol–water partition coefficient (Wildman–Crippen LogP) is 3.71. The van der Waals surface area contributed by atoms with E-state index in [-0.39, 0.29) is 12.3 Å². The Morgan fingerprint density at radius 1 is 1.10 bits per heavy atom. The maximum absolute atomic E-state index is 11.2. The molecule has 0 aromatic heterocycles. The van der Waals surface area contributed by atoms with Gasteiger partial charge in [0.05, 0.1) is 17.1 Å². The number of benzene rings is 2. The fourth-order valence-electron chi connectivity index (χ4n) is 3.52. The van der Waals surface area contributed by atoms with E-state index in [1.165, 1.54) is 6.92 Å². The van der Waals surface area contributed by atoms with Crippen molar-refractivity contribution >= 4 is 21.5 Å². The molecule has 0 saturated heterocycles. The Morgan fingerprint density at radius 2 is 1.73 bits per heavy atom. The minimum absolute atomic E-state index is 0.0463. The Kier molecular flexibility index (Phi) is 6.25. The van der Waals surface area contributed by atoms with E-state index in [1.807, 2.05) is 18.2 Å². The quantitative estimate of drug-likeness (QED) is 0.454. The molecular formula is C21H25N3O5S. The van der Waals surface area contributed by atoms with Crippen LogP contribution in [0, 0.1) is 0 Å². The van der Waals surface area contributed by atoms with Gasteiger partial charge in [-0.15, -0.1) is 0 Å². The van der Waals surface area contributed by atoms with Crippen LogP contribution in [0.4, 0.5) is 5.69 Å². The average Bonchev–Trinajstić information content (AvgIpc) is 2.70. The van der Waals surface area contributed by atoms with Gasteiger partial charge in [0.2, 0.25) is 0 Å². The van der Waals surface area contributed by atoms with Gasteiger partial charge in [0.1, 0.15) is 11.6 Å². The van der Waals surface area contributed by atoms with E-state index < -0.39 is 27.5 Å². The second-order valence-corrected chi connectivity index (χ2v) is 8.82. The number of azo groups is 1. The van der Waals surface area contributed by atoms with Gasteiger partial charge in [0.25, 0.3) is 10.1 Å². The third kappa shape index (κ3) is 4.53. The predicted molar refractivity (Wildman–Crippen MR) is 114 cm³/mol. The molecule has 1 aliphatic carbocycles. The minimum atomic E-state index is -4.18. The average molecular weight is 432 g/mol. The van der Waals surface area contributed by atoms with E-state index in [0.717, 1.165) is 0 Å². The summed E-state index contributed by atoms with van der Waals surface area (Å²) in [5, 5.41) is 30.8. The molecule has 8 nitrogen and oxygen atoms in total. The molecule has 0 bridgehead atoms. The largest absolute Gasteiger partial charge is 0.507 e. The van der Waals surface area contributed by atoms with Crippen LogP contribution in [0.25, 0.3) is 5.70 Å². The number of aliphatic hydroxyl groups excluding tert-OH is 1. The van der Waals surface area contributed by atoms with Gasteiger partial charge in [-0.25, -0.2) is 0 Å². The van der Waals surface area contributed by atoms with Crippen molar-refractivity contribution < 1.29 is 23.2 Å². The van der Waals surface area contributed by atoms with E-state index in [9.17, 15) is 18.6 Å². The molecule has 0 aliphatic heterocycles. The lowest BCUT2D eigenvalue weighted by Crippen LogP contribution is -2.42. The van der Waals surface area contributed by atoms with Crippen molar-refractivity contribution in [1.29, 1.82) is 0 Å². The van der Waals surface area contributed by atoms with Crippen LogP contribution in [0.1, 0.15) is 31.0 Å². The molecule has 2 aromatic rings. The van der Waals surface area contributed by atoms with Crippen LogP contribution >= 0.6 is 0 Å². The molecule has 0 heterocycles. The van der Waals surface area contributed by atoms with Gasteiger partial charge < -0.3 is 15.1 Å². The molecule has 0 radical (unpaired) electrons. The van der Waals surface area contributed by atoms with E-state index in [0.29, 0.717) is 29.1 Å². The standard InChI is InChI=1S/C21H25N3O5S/c1-3-24(13-14-30(27,28)29)18-16-11-7-8-12-17(16)19(21(2,26)20(18)25)23-22-15-9-5-4-6-10-15/h4-12,19,25-26H,3,13-14H2,1-2H3,(H,27,28,29). The van der Waals surface area contributed by atoms with E-state index in [4.69, 9.17) is 4.55 Å². The molecule has 3 N–H and O–H groups in total. The van der Waals surface area contributed by atoms with Gasteiger partial charge in [0.15, 0.2) is 5.76 Å². The van der Waals surface area contributed by atoms with E-state index >= 15 is 0 Å². The normalized spacial score (nSPS) is 21.7. The zero-order valence-corrected chi connectivity index (χ0v) is 17.6. The van der Waals surface area contributed by atoms with Crippen LogP contribution in [-0.2, 0) is 10.1 Å². The van der Waals surface area contributed by atoms with Crippen LogP contribution in [0.15, 0.2) is 70.6 Å². The van der Waals surface area contributed by atoms with Crippen molar-refractivity contribution in [2.24, 2.45) is 10.2 Å². The van der Waals surface area contributed by atoms with Gasteiger partial charge in [-0.1, -0.05) is 42.5 Å². The van der Waals surface area contributed by atoms with Crippen molar-refractivity contribution in [3.63, 3.8) is 0 Å². The smallest absolute Gasteiger partial charge is 0.266 e. The summed E-state index contributed by atoms with van der Waals surface area (Å²) >= 11 is 0. The third-order valence-electron chi connectivity index (χ3n) is 5.11. The zero-order valence-electron chi connectivity index (χ0n) is 16.8. The van der Waals surface area contributed by atoms with Crippen LogP contribution < -0.4 is 0 Å². The lowest BCUT2D eigenvalue weighted by atomic mass is 9.79. The second-order valence-electron chi connectivity index (χ2n) is 7.25. The summed E-state index contributed by atoms with van der Waals surface area (Å²) in [6.45, 7) is 3.55. The van der Waals surface area contributed by atoms with Gasteiger partial charge in [-0.05, 0) is 31.5 Å². The first-order chi connectivity index (χ1) is 14.1. The molecule has 2 aromatic carbocycles. The highest BCUT2D eigenvalue weighted by molar-refractivity contribution is 7.85. The van der Waals surface area contributed by atoms with Gasteiger partial charge >= 0.3 is 0 Å². The van der Waals surface area contributed by atoms with Crippen molar-refractivity contribution in [3.05, 3.63) is 71.5 Å². The molecule has 160 valence electrons. The highest BCUT2D eigenvalue weighted by Gasteiger charge is 2.46. The van der Waals surface area contributed by atoms with E-state index in [1.54, 1.807) is 48.2 Å². The zero-order chi connectivity index (χ0) is 21.9. The number of fused-ring (bicyclic) bond motifs is 1. The minimum Gasteiger partial charge on any atom is -0.507 e. The van der Waals surface area contributed by atoms with Gasteiger partial charge in [0, 0.05) is 18.7 Å². The molecule has 2 atom stereocenters. The molecule has 0 amide bonds. The molecule has 0 fully saturated rings. The van der Waals surface area contributed by atoms with Crippen molar-refractivity contribution in [2.75, 3.05) is 18.8 Å². The number of hydrogen-bond donors (Lipinski definition) is 3. The lowest BCUT2D eigenvalue weighted by molar-refractivity contribution is 0.0231. The van der Waals surface area contributed by atoms with Crippen LogP contribution in [0.5, 0.6) is 0 Å². The highest BCUT2D eigenvalue weighted by Crippen LogP contribution is 2.46. The number of nitrogens with zero attached hydrogens (tertiary/aromatic N) is 3. The molecule has 3 rings (SSSR count). The monoisotopic (exact) mass is 431 g/mol. The molecule has 1 aliphatic rings. The van der Waals surface area contributed by atoms with E-state index in [2.05, 4.69) is 10.2 Å². The first-order valence-corrected chi connectivity index (χ1v) is 11.2. The molecule has 30 heavy (non-hydrogen) atoms. The summed E-state index contributed by atoms with van der Waals surface area (Å²) in [4.78, 5) is 1.61. The van der Waals surface area contributed by atoms with Gasteiger partial charge in [-0.2, -0.15) is 18.6 Å². The maximum atomic E-state index is 11.2. The summed E-state index contributed by atoms with van der Waals surface area (Å²) in [5.41, 5.74) is 0.431. The number of aliphatic hydroxyl groups is 2. The first-order valence-electron chi connectivity index (χ1n) is 9.56. The fourth-order valence-corrected chi connectivity index (χ4v) is 3.97. The molecule has 0 spiro atoms. The highest BCUT2D eigenvalue weighted by atomic mass is 32.2. The molecular weight excluding hydrogens is 406 g/mol. The lowest BCUT2D eigenvalue weighted by Gasteiger charge is -2.39. The van der Waals surface area contributed by atoms with Crippen molar-refractivity contribution in [3.8, 4) is 0 Å². The summed E-state index contributed by atoms with van der Waals surface area (Å²) < 4.78 is 31.6. The Morgan fingerprint density at radius 3 is 2.37 bits per heavy atom. The topological polar surface area (TPSA) is 123 Å². The number of hydrogen-bond acceptors (Lipinski definition) is 7. The Bertz CT molecular complexity index is 1070. The first kappa shape index (κ1) is 21.9. The van der Waals surface area contributed by atoms with Crippen molar-refractivity contribution in [2.45, 2.75) is 25.5 Å². The van der Waals surface area contributed by atoms with Gasteiger partial charge in [-0.3, -0.25) is 4.55 Å². The van der Waals surface area contributed by atoms with Crippen LogP contribution in [0.2, 0.25) is 0 Å². The van der Waals surface area contributed by atoms with Crippen molar-refractivity contribution in [1.82, 2.24) is 4.90 Å². The summed E-state index contributed by atoms with van der Waals surface area (Å²) in [7, 11) is -4.18. The fraction of sp³-hybridized carbons (Fsp3) is 0.333. The van der Waals surface area contributed by atoms with Crippen LogP contribution in [0.3, 0.4) is 0 Å². The Hall–Kier alpha value is -2.75.